The second kappa shape index (κ2) is 34.8. The fourth-order valence-corrected chi connectivity index (χ4v) is 15.6. The van der Waals surface area contributed by atoms with E-state index in [1.54, 1.807) is 75.4 Å². The van der Waals surface area contributed by atoms with Gasteiger partial charge in [0, 0.05) is 149 Å². The second-order valence-corrected chi connectivity index (χ2v) is 30.8. The van der Waals surface area contributed by atoms with Crippen LogP contribution >= 0.6 is 0 Å². The van der Waals surface area contributed by atoms with E-state index >= 15 is 13.2 Å². The normalized spacial score (nSPS) is 16.6. The topological polar surface area (TPSA) is 225 Å². The Balaban J connectivity index is 0.000000152. The third-order valence-electron chi connectivity index (χ3n) is 22.2. The monoisotopic (exact) mass is 1610 g/mol. The molecule has 3 fully saturated rings. The summed E-state index contributed by atoms with van der Waals surface area (Å²) in [4.78, 5) is 63.4. The molecule has 3 atom stereocenters. The van der Waals surface area contributed by atoms with Crippen molar-refractivity contribution in [3.8, 4) is 33.8 Å². The minimum absolute atomic E-state index is 0.0401. The summed E-state index contributed by atoms with van der Waals surface area (Å²) in [7, 11) is 0. The van der Waals surface area contributed by atoms with Crippen molar-refractivity contribution in [2.75, 3.05) is 114 Å². The number of hydrogen-bond donors (Lipinski definition) is 3. The SMILES string of the molecule is CCN1CCN(C(C)(F)c2ccc(Nc3ncc(F)c(-c4cc(F)c5nc(C)n(C(C)C)c5c4)n3)nc2)CC1.CCN1CCN([C@@](C)(F)c2ccc(Nc3ncc(F)c(-c4cc(F)c5nc(C)n(C(C)C)c5c4)n3)nc2)CC1.CCN1CCN([C@](C)(F)c2ccc(Nc3ncc(F)c(-c4cc(F)c5nc(C)n(C(C)C)c5c4)n3)nc2)CC1. The lowest BCUT2D eigenvalue weighted by atomic mass is 10.1. The van der Waals surface area contributed by atoms with Gasteiger partial charge < -0.3 is 44.4 Å². The van der Waals surface area contributed by atoms with Crippen molar-refractivity contribution >= 4 is 68.4 Å². The summed E-state index contributed by atoms with van der Waals surface area (Å²) in [5.74, 6) is -5.33. The van der Waals surface area contributed by atoms with E-state index in [1.807, 2.05) is 90.7 Å². The molecule has 1 unspecified atom stereocenters. The van der Waals surface area contributed by atoms with Gasteiger partial charge in [-0.05, 0) is 176 Å². The summed E-state index contributed by atoms with van der Waals surface area (Å²) in [5, 5.41) is 8.83. The number of aromatic nitrogens is 15. The quantitative estimate of drug-likeness (QED) is 0.0449. The van der Waals surface area contributed by atoms with Crippen molar-refractivity contribution < 1.29 is 39.5 Å². The van der Waals surface area contributed by atoms with Crippen LogP contribution in [-0.4, -0.2) is 201 Å². The molecule has 0 bridgehead atoms. The van der Waals surface area contributed by atoms with Crippen LogP contribution in [0.3, 0.4) is 0 Å². The Kier molecular flexibility index (Phi) is 25.1. The van der Waals surface area contributed by atoms with Crippen molar-refractivity contribution in [3.63, 3.8) is 0 Å². The van der Waals surface area contributed by atoms with Crippen molar-refractivity contribution in [2.24, 2.45) is 0 Å². The van der Waals surface area contributed by atoms with Gasteiger partial charge in [-0.15, -0.1) is 0 Å². The number of nitrogens with zero attached hydrogens (tertiary/aromatic N) is 21. The zero-order valence-corrected chi connectivity index (χ0v) is 68.5. The number of anilines is 6. The lowest BCUT2D eigenvalue weighted by Crippen LogP contribution is -2.52. The lowest BCUT2D eigenvalue weighted by Gasteiger charge is -2.41. The minimum Gasteiger partial charge on any atom is -0.326 e. The van der Waals surface area contributed by atoms with Gasteiger partial charge in [-0.1, -0.05) is 20.8 Å². The highest BCUT2D eigenvalue weighted by Crippen LogP contribution is 2.39. The van der Waals surface area contributed by atoms with Gasteiger partial charge in [0.1, 0.15) is 68.6 Å². The molecule has 3 aliphatic heterocycles. The van der Waals surface area contributed by atoms with Gasteiger partial charge in [-0.25, -0.2) is 99.3 Å². The van der Waals surface area contributed by atoms with Gasteiger partial charge in [-0.3, -0.25) is 14.7 Å². The Morgan fingerprint density at radius 2 is 0.581 bits per heavy atom. The van der Waals surface area contributed by atoms with Gasteiger partial charge in [0.15, 0.2) is 52.3 Å². The number of pyridine rings is 3. The summed E-state index contributed by atoms with van der Waals surface area (Å²) in [5.41, 5.74) is 4.35. The average Bonchev–Trinajstić information content (AvgIpc) is 1.63. The number of piperazine rings is 3. The number of halogens is 9. The highest BCUT2D eigenvalue weighted by molar-refractivity contribution is 5.85. The number of rotatable bonds is 21. The molecule has 12 heterocycles. The van der Waals surface area contributed by atoms with E-state index in [0.717, 1.165) is 77.5 Å². The molecule has 3 saturated heterocycles. The molecule has 3 aliphatic rings. The molecule has 12 aromatic rings. The molecule has 33 heteroatoms. The number of imidazole rings is 3. The standard InChI is InChI=1S/3C28H33F3N8/c3*1-6-37-9-11-38(12-10-37)28(5,31)20-7-8-24(32-15-20)35-27-33-16-22(30)25(36-27)19-13-21(29)26-23(14-19)39(17(2)3)18(4)34-26/h3*7-8,13-17H,6,9-12H2,1-5H3,(H,32,33,35,36)/t2*28-;/m10./s1. The van der Waals surface area contributed by atoms with Crippen LogP contribution in [0.4, 0.5) is 74.8 Å². The molecule has 0 radical (unpaired) electrons. The average molecular weight is 1620 g/mol. The van der Waals surface area contributed by atoms with E-state index in [-0.39, 0.29) is 86.3 Å². The molecule has 0 aliphatic carbocycles. The molecule has 0 amide bonds. The smallest absolute Gasteiger partial charge is 0.229 e. The molecule has 117 heavy (non-hydrogen) atoms. The van der Waals surface area contributed by atoms with Gasteiger partial charge in [0.25, 0.3) is 0 Å². The fraction of sp³-hybridized carbons (Fsp3) is 0.429. The first kappa shape index (κ1) is 84.2. The molecule has 3 N–H and O–H groups in total. The van der Waals surface area contributed by atoms with Gasteiger partial charge >= 0.3 is 0 Å². The highest BCUT2D eigenvalue weighted by Gasteiger charge is 2.39. The third kappa shape index (κ3) is 17.9. The summed E-state index contributed by atoms with van der Waals surface area (Å²) in [6, 6.07) is 18.8. The van der Waals surface area contributed by atoms with Gasteiger partial charge in [-0.2, -0.15) is 0 Å². The van der Waals surface area contributed by atoms with Crippen LogP contribution < -0.4 is 16.0 Å². The first-order chi connectivity index (χ1) is 55.7. The maximum absolute atomic E-state index is 15.8. The predicted octanol–water partition coefficient (Wildman–Crippen LogP) is 16.7. The Bertz CT molecular complexity index is 4960. The summed E-state index contributed by atoms with van der Waals surface area (Å²) in [6.07, 6.45) is 7.54. The predicted molar refractivity (Wildman–Crippen MR) is 436 cm³/mol. The van der Waals surface area contributed by atoms with E-state index in [2.05, 4.69) is 111 Å². The number of benzene rings is 3. The van der Waals surface area contributed by atoms with E-state index < -0.39 is 52.3 Å². The van der Waals surface area contributed by atoms with Crippen molar-refractivity contribution in [3.05, 3.63) is 179 Å². The van der Waals surface area contributed by atoms with E-state index in [9.17, 15) is 26.3 Å². The number of hydrogen-bond acceptors (Lipinski definition) is 21. The van der Waals surface area contributed by atoms with Crippen LogP contribution in [0.1, 0.15) is 135 Å². The molecular weight excluding hydrogens is 1520 g/mol. The second-order valence-electron chi connectivity index (χ2n) is 30.8. The van der Waals surface area contributed by atoms with Crippen LogP contribution in [-0.2, 0) is 17.4 Å². The first-order valence-corrected chi connectivity index (χ1v) is 39.6. The zero-order valence-electron chi connectivity index (χ0n) is 68.5. The number of likely N-dealkylation sites (N-methyl/N-ethyl adjacent to an activating group) is 3. The number of nitrogens with one attached hydrogen (secondary N) is 3. The molecule has 9 aromatic heterocycles. The van der Waals surface area contributed by atoms with Crippen LogP contribution in [0.25, 0.3) is 66.9 Å². The van der Waals surface area contributed by atoms with E-state index in [0.29, 0.717) is 107 Å². The van der Waals surface area contributed by atoms with Crippen molar-refractivity contribution in [1.82, 2.24) is 103 Å². The molecule has 0 spiro atoms. The van der Waals surface area contributed by atoms with E-state index in [1.165, 1.54) is 36.8 Å². The van der Waals surface area contributed by atoms with E-state index in [4.69, 9.17) is 0 Å². The molecule has 3 aromatic carbocycles. The van der Waals surface area contributed by atoms with Crippen molar-refractivity contribution in [2.45, 2.75) is 139 Å². The fourth-order valence-electron chi connectivity index (χ4n) is 15.6. The Morgan fingerprint density at radius 3 is 0.795 bits per heavy atom. The maximum Gasteiger partial charge on any atom is 0.229 e. The third-order valence-corrected chi connectivity index (χ3v) is 22.2. The number of fused-ring (bicyclic) bond motifs is 3. The maximum atomic E-state index is 15.8. The summed E-state index contributed by atoms with van der Waals surface area (Å²) in [6.45, 7) is 39.9. The molecule has 15 rings (SSSR count). The molecular formula is C84H99F9N24. The first-order valence-electron chi connectivity index (χ1n) is 39.6. The Morgan fingerprint density at radius 1 is 0.333 bits per heavy atom. The molecule has 0 saturated carbocycles. The van der Waals surface area contributed by atoms with Crippen molar-refractivity contribution in [1.29, 1.82) is 0 Å². The van der Waals surface area contributed by atoms with Crippen LogP contribution in [0, 0.1) is 55.7 Å². The number of aryl methyl sites for hydroxylation is 3. The Hall–Kier alpha value is -10.7. The highest BCUT2D eigenvalue weighted by atomic mass is 19.2. The van der Waals surface area contributed by atoms with Gasteiger partial charge in [0.2, 0.25) is 17.8 Å². The zero-order chi connectivity index (χ0) is 83.7. The summed E-state index contributed by atoms with van der Waals surface area (Å²) < 4.78 is 142. The Labute approximate surface area is 674 Å². The number of alkyl halides is 3. The van der Waals surface area contributed by atoms with Crippen LogP contribution in [0.5, 0.6) is 0 Å². The van der Waals surface area contributed by atoms with Crippen LogP contribution in [0.2, 0.25) is 0 Å². The molecule has 618 valence electrons. The van der Waals surface area contributed by atoms with Gasteiger partial charge in [0.05, 0.1) is 35.1 Å². The largest absolute Gasteiger partial charge is 0.326 e. The summed E-state index contributed by atoms with van der Waals surface area (Å²) >= 11 is 0. The molecule has 24 nitrogen and oxygen atoms in total. The lowest BCUT2D eigenvalue weighted by molar-refractivity contribution is -0.0513. The minimum atomic E-state index is -1.66. The van der Waals surface area contributed by atoms with Crippen LogP contribution in [0.15, 0.2) is 110 Å².